The molecule has 0 aliphatic carbocycles. The summed E-state index contributed by atoms with van der Waals surface area (Å²) in [6.45, 7) is 1.79. The van der Waals surface area contributed by atoms with E-state index in [-0.39, 0.29) is 10.6 Å². The van der Waals surface area contributed by atoms with Crippen molar-refractivity contribution in [3.05, 3.63) is 68.5 Å². The molecule has 1 atom stereocenters. The minimum absolute atomic E-state index is 0.108. The Morgan fingerprint density at radius 2 is 1.82 bits per heavy atom. The summed E-state index contributed by atoms with van der Waals surface area (Å²) in [5, 5.41) is 0. The van der Waals surface area contributed by atoms with Crippen LogP contribution in [0.4, 0.5) is 4.39 Å². The molecule has 0 radical (unpaired) electrons. The van der Waals surface area contributed by atoms with Gasteiger partial charge in [0.2, 0.25) is 0 Å². The molecule has 2 rings (SSSR count). The van der Waals surface area contributed by atoms with Crippen LogP contribution < -0.4 is 0 Å². The van der Waals surface area contributed by atoms with Crippen molar-refractivity contribution in [2.75, 3.05) is 0 Å². The van der Waals surface area contributed by atoms with E-state index in [1.165, 1.54) is 15.2 Å². The Hall–Kier alpha value is -0.420. The van der Waals surface area contributed by atoms with E-state index in [9.17, 15) is 4.39 Å². The summed E-state index contributed by atoms with van der Waals surface area (Å²) in [6.07, 6.45) is 0. The first-order chi connectivity index (χ1) is 8.08. The molecule has 0 heterocycles. The van der Waals surface area contributed by atoms with Gasteiger partial charge < -0.3 is 0 Å². The number of benzene rings is 2. The van der Waals surface area contributed by atoms with E-state index < -0.39 is 0 Å². The zero-order valence-electron chi connectivity index (χ0n) is 9.25. The van der Waals surface area contributed by atoms with E-state index in [4.69, 9.17) is 0 Å². The molecular weight excluding hydrogens is 394 g/mol. The van der Waals surface area contributed by atoms with E-state index in [1.807, 2.05) is 18.2 Å². The van der Waals surface area contributed by atoms with E-state index in [2.05, 4.69) is 56.7 Å². The van der Waals surface area contributed by atoms with Gasteiger partial charge >= 0.3 is 0 Å². The summed E-state index contributed by atoms with van der Waals surface area (Å²) in [7, 11) is 0. The topological polar surface area (TPSA) is 0 Å². The molecule has 0 amide bonds. The largest absolute Gasteiger partial charge is 0.207 e. The molecule has 0 spiro atoms. The second-order valence-corrected chi connectivity index (χ2v) is 6.09. The minimum atomic E-state index is -0.156. The van der Waals surface area contributed by atoms with Gasteiger partial charge in [-0.1, -0.05) is 40.2 Å². The van der Waals surface area contributed by atoms with Gasteiger partial charge in [-0.3, -0.25) is 0 Å². The zero-order valence-corrected chi connectivity index (χ0v) is 13.0. The summed E-state index contributed by atoms with van der Waals surface area (Å²) in [4.78, 5) is 0.108. The molecule has 0 saturated heterocycles. The van der Waals surface area contributed by atoms with Crippen LogP contribution in [0, 0.1) is 16.3 Å². The van der Waals surface area contributed by atoms with Crippen LogP contribution in [0.25, 0.3) is 0 Å². The van der Waals surface area contributed by atoms with Crippen molar-refractivity contribution in [2.24, 2.45) is 0 Å². The van der Waals surface area contributed by atoms with Crippen molar-refractivity contribution >= 4 is 38.5 Å². The van der Waals surface area contributed by atoms with Crippen LogP contribution in [0.15, 0.2) is 42.5 Å². The SMILES string of the molecule is Cc1cc(C(Br)c2cccc(I)c2)ccc1F. The molecule has 1 unspecified atom stereocenters. The number of halogens is 3. The van der Waals surface area contributed by atoms with Crippen molar-refractivity contribution < 1.29 is 4.39 Å². The molecule has 88 valence electrons. The lowest BCUT2D eigenvalue weighted by molar-refractivity contribution is 0.618. The number of hydrogen-bond donors (Lipinski definition) is 0. The molecule has 0 nitrogen and oxygen atoms in total. The Kier molecular flexibility index (Phi) is 4.20. The van der Waals surface area contributed by atoms with Crippen LogP contribution in [0.5, 0.6) is 0 Å². The number of hydrogen-bond acceptors (Lipinski definition) is 0. The minimum Gasteiger partial charge on any atom is -0.207 e. The first kappa shape index (κ1) is 13.0. The van der Waals surface area contributed by atoms with Crippen LogP contribution in [0.1, 0.15) is 21.5 Å². The highest BCUT2D eigenvalue weighted by atomic mass is 127. The predicted octanol–water partition coefficient (Wildman–Crippen LogP) is 5.22. The standard InChI is InChI=1S/C14H11BrFI/c1-9-7-11(5-6-13(9)16)14(15)10-3-2-4-12(17)8-10/h2-8,14H,1H3. The van der Waals surface area contributed by atoms with Gasteiger partial charge in [0.25, 0.3) is 0 Å². The van der Waals surface area contributed by atoms with Gasteiger partial charge in [0.1, 0.15) is 5.82 Å². The maximum absolute atomic E-state index is 13.2. The highest BCUT2D eigenvalue weighted by molar-refractivity contribution is 14.1. The molecule has 3 heteroatoms. The lowest BCUT2D eigenvalue weighted by Gasteiger charge is -2.12. The average molecular weight is 405 g/mol. The van der Waals surface area contributed by atoms with Crippen molar-refractivity contribution in [1.29, 1.82) is 0 Å². The van der Waals surface area contributed by atoms with Crippen LogP contribution in [0.3, 0.4) is 0 Å². The summed E-state index contributed by atoms with van der Waals surface area (Å²) in [5.74, 6) is -0.156. The highest BCUT2D eigenvalue weighted by Crippen LogP contribution is 2.32. The normalized spacial score (nSPS) is 12.5. The molecule has 0 aliphatic rings. The predicted molar refractivity (Wildman–Crippen MR) is 81.1 cm³/mol. The van der Waals surface area contributed by atoms with Crippen molar-refractivity contribution in [1.82, 2.24) is 0 Å². The Balaban J connectivity index is 2.36. The smallest absolute Gasteiger partial charge is 0.126 e. The fourth-order valence-electron chi connectivity index (χ4n) is 1.68. The van der Waals surface area contributed by atoms with Crippen LogP contribution in [-0.2, 0) is 0 Å². The highest BCUT2D eigenvalue weighted by Gasteiger charge is 2.11. The van der Waals surface area contributed by atoms with Gasteiger partial charge in [-0.15, -0.1) is 0 Å². The zero-order chi connectivity index (χ0) is 12.4. The summed E-state index contributed by atoms with van der Waals surface area (Å²) < 4.78 is 14.4. The lowest BCUT2D eigenvalue weighted by atomic mass is 10.0. The molecule has 0 fully saturated rings. The molecule has 0 aliphatic heterocycles. The first-order valence-corrected chi connectivity index (χ1v) is 7.23. The van der Waals surface area contributed by atoms with Crippen molar-refractivity contribution in [3.63, 3.8) is 0 Å². The van der Waals surface area contributed by atoms with Crippen LogP contribution in [0.2, 0.25) is 0 Å². The Morgan fingerprint density at radius 1 is 1.12 bits per heavy atom. The second-order valence-electron chi connectivity index (χ2n) is 3.93. The number of rotatable bonds is 2. The molecule has 0 saturated carbocycles. The second kappa shape index (κ2) is 5.48. The maximum Gasteiger partial charge on any atom is 0.126 e. The van der Waals surface area contributed by atoms with E-state index >= 15 is 0 Å². The third-order valence-electron chi connectivity index (χ3n) is 2.62. The summed E-state index contributed by atoms with van der Waals surface area (Å²) in [6, 6.07) is 13.5. The van der Waals surface area contributed by atoms with Gasteiger partial charge in [-0.2, -0.15) is 0 Å². The molecule has 0 N–H and O–H groups in total. The van der Waals surface area contributed by atoms with Gasteiger partial charge in [0.15, 0.2) is 0 Å². The monoisotopic (exact) mass is 404 g/mol. The fraction of sp³-hybridized carbons (Fsp3) is 0.143. The Labute approximate surface area is 123 Å². The summed E-state index contributed by atoms with van der Waals surface area (Å²) in [5.41, 5.74) is 2.94. The van der Waals surface area contributed by atoms with E-state index in [0.717, 1.165) is 5.56 Å². The third kappa shape index (κ3) is 3.07. The molecule has 0 bridgehead atoms. The number of alkyl halides is 1. The van der Waals surface area contributed by atoms with Crippen LogP contribution in [-0.4, -0.2) is 0 Å². The third-order valence-corrected chi connectivity index (χ3v) is 4.34. The van der Waals surface area contributed by atoms with Crippen LogP contribution >= 0.6 is 38.5 Å². The maximum atomic E-state index is 13.2. The molecule has 2 aromatic carbocycles. The molecule has 17 heavy (non-hydrogen) atoms. The lowest BCUT2D eigenvalue weighted by Crippen LogP contribution is -1.95. The first-order valence-electron chi connectivity index (χ1n) is 5.23. The molecule has 2 aromatic rings. The van der Waals surface area contributed by atoms with Crippen molar-refractivity contribution in [3.8, 4) is 0 Å². The Morgan fingerprint density at radius 3 is 2.47 bits per heavy atom. The molecular formula is C14H11BrFI. The average Bonchev–Trinajstić information content (AvgIpc) is 2.32. The summed E-state index contributed by atoms with van der Waals surface area (Å²) >= 11 is 5.95. The van der Waals surface area contributed by atoms with Gasteiger partial charge in [0.05, 0.1) is 4.83 Å². The van der Waals surface area contributed by atoms with Gasteiger partial charge in [-0.25, -0.2) is 4.39 Å². The van der Waals surface area contributed by atoms with Gasteiger partial charge in [-0.05, 0) is 64.4 Å². The van der Waals surface area contributed by atoms with E-state index in [0.29, 0.717) is 5.56 Å². The molecule has 0 aromatic heterocycles. The number of aryl methyl sites for hydroxylation is 1. The van der Waals surface area contributed by atoms with E-state index in [1.54, 1.807) is 6.92 Å². The van der Waals surface area contributed by atoms with Gasteiger partial charge in [0, 0.05) is 3.57 Å². The fourth-order valence-corrected chi connectivity index (χ4v) is 2.82. The van der Waals surface area contributed by atoms with Crippen molar-refractivity contribution in [2.45, 2.75) is 11.8 Å². The Bertz CT molecular complexity index is 539. The quantitative estimate of drug-likeness (QED) is 0.475.